The molecule has 0 amide bonds. The highest BCUT2D eigenvalue weighted by molar-refractivity contribution is 5.55. The van der Waals surface area contributed by atoms with Crippen molar-refractivity contribution >= 4 is 6.21 Å². The molecule has 0 aromatic rings. The second-order valence-electron chi connectivity index (χ2n) is 3.41. The minimum absolute atomic E-state index is 1.07. The Hall–Kier alpha value is -0.790. The van der Waals surface area contributed by atoms with Crippen molar-refractivity contribution < 1.29 is 0 Å². The van der Waals surface area contributed by atoms with Gasteiger partial charge in [-0.1, -0.05) is 6.92 Å². The number of aliphatic imine (C=N–C) groups is 1. The molecule has 1 heterocycles. The average Bonchev–Trinajstić information content (AvgIpc) is 2.19. The Morgan fingerprint density at radius 3 is 2.54 bits per heavy atom. The fourth-order valence-electron chi connectivity index (χ4n) is 1.70. The van der Waals surface area contributed by atoms with Crippen LogP contribution in [0, 0.1) is 0 Å². The van der Waals surface area contributed by atoms with Gasteiger partial charge in [-0.2, -0.15) is 0 Å². The lowest BCUT2D eigenvalue weighted by molar-refractivity contribution is 0.282. The highest BCUT2D eigenvalue weighted by Crippen LogP contribution is 2.15. The summed E-state index contributed by atoms with van der Waals surface area (Å²) in [6, 6.07) is 0. The van der Waals surface area contributed by atoms with E-state index in [2.05, 4.69) is 22.9 Å². The number of piperidine rings is 1. The second-order valence-corrected chi connectivity index (χ2v) is 3.41. The van der Waals surface area contributed by atoms with Gasteiger partial charge in [-0.3, -0.25) is 0 Å². The lowest BCUT2D eigenvalue weighted by Gasteiger charge is -2.28. The number of hydrogen-bond donors (Lipinski definition) is 0. The van der Waals surface area contributed by atoms with Crippen molar-refractivity contribution in [1.29, 1.82) is 0 Å². The van der Waals surface area contributed by atoms with Crippen molar-refractivity contribution in [2.45, 2.75) is 39.5 Å². The van der Waals surface area contributed by atoms with Crippen LogP contribution in [0.1, 0.15) is 39.5 Å². The molecule has 0 aromatic heterocycles. The van der Waals surface area contributed by atoms with Crippen molar-refractivity contribution in [2.24, 2.45) is 4.99 Å². The number of rotatable bonds is 3. The zero-order valence-electron chi connectivity index (χ0n) is 8.79. The highest BCUT2D eigenvalue weighted by atomic mass is 15.2. The van der Waals surface area contributed by atoms with Gasteiger partial charge in [0.1, 0.15) is 5.82 Å². The lowest BCUT2D eigenvalue weighted by Crippen LogP contribution is -2.28. The molecule has 0 saturated carbocycles. The third-order valence-corrected chi connectivity index (χ3v) is 2.33. The van der Waals surface area contributed by atoms with Crippen LogP contribution in [-0.4, -0.2) is 24.2 Å². The number of nitrogens with zero attached hydrogens (tertiary/aromatic N) is 2. The molecule has 0 bridgehead atoms. The van der Waals surface area contributed by atoms with Crippen molar-refractivity contribution in [3.8, 4) is 0 Å². The van der Waals surface area contributed by atoms with Crippen LogP contribution in [-0.2, 0) is 0 Å². The van der Waals surface area contributed by atoms with Crippen LogP contribution in [0.25, 0.3) is 0 Å². The van der Waals surface area contributed by atoms with E-state index in [1.54, 1.807) is 0 Å². The van der Waals surface area contributed by atoms with Crippen LogP contribution >= 0.6 is 0 Å². The zero-order chi connectivity index (χ0) is 9.52. The van der Waals surface area contributed by atoms with E-state index in [1.165, 1.54) is 38.2 Å². The summed E-state index contributed by atoms with van der Waals surface area (Å²) in [6.07, 6.45) is 9.19. The second kappa shape index (κ2) is 5.79. The summed E-state index contributed by atoms with van der Waals surface area (Å²) in [4.78, 5) is 6.80. The number of hydrogen-bond acceptors (Lipinski definition) is 2. The molecule has 0 radical (unpaired) electrons. The molecular formula is C11H20N2. The molecule has 74 valence electrons. The van der Waals surface area contributed by atoms with E-state index >= 15 is 0 Å². The zero-order valence-corrected chi connectivity index (χ0v) is 8.79. The maximum absolute atomic E-state index is 4.40. The molecule has 0 atom stereocenters. The molecule has 2 nitrogen and oxygen atoms in total. The molecule has 0 aliphatic carbocycles. The van der Waals surface area contributed by atoms with Crippen LogP contribution in [0.5, 0.6) is 0 Å². The third kappa shape index (κ3) is 3.21. The Morgan fingerprint density at radius 2 is 2.00 bits per heavy atom. The first-order chi connectivity index (χ1) is 6.38. The van der Waals surface area contributed by atoms with E-state index in [4.69, 9.17) is 0 Å². The SMILES string of the molecule is C/C=N\C(=C/CC)N1CCCCC1. The third-order valence-electron chi connectivity index (χ3n) is 2.33. The molecule has 13 heavy (non-hydrogen) atoms. The Bertz CT molecular complexity index is 188. The first-order valence-electron chi connectivity index (χ1n) is 5.32. The van der Waals surface area contributed by atoms with E-state index in [9.17, 15) is 0 Å². The normalized spacial score (nSPS) is 19.8. The molecule has 0 spiro atoms. The van der Waals surface area contributed by atoms with Crippen LogP contribution in [0.15, 0.2) is 16.9 Å². The molecule has 1 rings (SSSR count). The van der Waals surface area contributed by atoms with Gasteiger partial charge in [0, 0.05) is 19.3 Å². The van der Waals surface area contributed by atoms with Gasteiger partial charge in [-0.05, 0) is 38.7 Å². The largest absolute Gasteiger partial charge is 0.357 e. The van der Waals surface area contributed by atoms with Gasteiger partial charge in [-0.25, -0.2) is 4.99 Å². The summed E-state index contributed by atoms with van der Waals surface area (Å²) >= 11 is 0. The van der Waals surface area contributed by atoms with Crippen molar-refractivity contribution in [1.82, 2.24) is 4.90 Å². The standard InChI is InChI=1S/C11H20N2/c1-3-8-11(12-4-2)13-9-6-5-7-10-13/h4,8H,3,5-7,9-10H2,1-2H3/b11-8+,12-4-. The van der Waals surface area contributed by atoms with E-state index in [0.717, 1.165) is 6.42 Å². The van der Waals surface area contributed by atoms with Gasteiger partial charge in [0.2, 0.25) is 0 Å². The Morgan fingerprint density at radius 1 is 1.31 bits per heavy atom. The molecule has 1 aliphatic rings. The molecule has 1 aliphatic heterocycles. The van der Waals surface area contributed by atoms with Crippen LogP contribution in [0.2, 0.25) is 0 Å². The van der Waals surface area contributed by atoms with Gasteiger partial charge in [-0.15, -0.1) is 0 Å². The van der Waals surface area contributed by atoms with Gasteiger partial charge < -0.3 is 4.90 Å². The molecule has 2 heteroatoms. The predicted molar refractivity (Wildman–Crippen MR) is 58.0 cm³/mol. The summed E-state index contributed by atoms with van der Waals surface area (Å²) in [5.41, 5.74) is 0. The molecule has 0 aromatic carbocycles. The Kier molecular flexibility index (Phi) is 4.58. The lowest BCUT2D eigenvalue weighted by atomic mass is 10.1. The smallest absolute Gasteiger partial charge is 0.123 e. The molecule has 0 N–H and O–H groups in total. The number of likely N-dealkylation sites (tertiary alicyclic amines) is 1. The van der Waals surface area contributed by atoms with Crippen LogP contribution < -0.4 is 0 Å². The fourth-order valence-corrected chi connectivity index (χ4v) is 1.70. The van der Waals surface area contributed by atoms with Gasteiger partial charge in [0.25, 0.3) is 0 Å². The van der Waals surface area contributed by atoms with Crippen molar-refractivity contribution in [3.05, 3.63) is 11.9 Å². The monoisotopic (exact) mass is 180 g/mol. The quantitative estimate of drug-likeness (QED) is 0.610. The molecule has 0 unspecified atom stereocenters. The maximum atomic E-state index is 4.40. The minimum atomic E-state index is 1.07. The van der Waals surface area contributed by atoms with E-state index < -0.39 is 0 Å². The van der Waals surface area contributed by atoms with E-state index in [0.29, 0.717) is 0 Å². The summed E-state index contributed by atoms with van der Waals surface area (Å²) in [5.74, 6) is 1.17. The van der Waals surface area contributed by atoms with E-state index in [-0.39, 0.29) is 0 Å². The summed E-state index contributed by atoms with van der Waals surface area (Å²) in [6.45, 7) is 6.51. The first-order valence-corrected chi connectivity index (χ1v) is 5.32. The van der Waals surface area contributed by atoms with Crippen LogP contribution in [0.4, 0.5) is 0 Å². The number of allylic oxidation sites excluding steroid dienone is 1. The molecule has 1 saturated heterocycles. The molecular weight excluding hydrogens is 160 g/mol. The topological polar surface area (TPSA) is 15.6 Å². The minimum Gasteiger partial charge on any atom is -0.357 e. The summed E-state index contributed by atoms with van der Waals surface area (Å²) < 4.78 is 0. The van der Waals surface area contributed by atoms with Gasteiger partial charge in [0.15, 0.2) is 0 Å². The average molecular weight is 180 g/mol. The fraction of sp³-hybridized carbons (Fsp3) is 0.727. The van der Waals surface area contributed by atoms with E-state index in [1.807, 2.05) is 13.1 Å². The first kappa shape index (κ1) is 10.3. The molecule has 1 fully saturated rings. The summed E-state index contributed by atoms with van der Waals surface area (Å²) in [7, 11) is 0. The highest BCUT2D eigenvalue weighted by Gasteiger charge is 2.11. The Labute approximate surface area is 81.3 Å². The van der Waals surface area contributed by atoms with Crippen LogP contribution in [0.3, 0.4) is 0 Å². The van der Waals surface area contributed by atoms with Gasteiger partial charge in [0.05, 0.1) is 0 Å². The predicted octanol–water partition coefficient (Wildman–Crippen LogP) is 2.81. The maximum Gasteiger partial charge on any atom is 0.123 e. The summed E-state index contributed by atoms with van der Waals surface area (Å²) in [5, 5.41) is 0. The van der Waals surface area contributed by atoms with Gasteiger partial charge >= 0.3 is 0 Å². The Balaban J connectivity index is 2.57. The van der Waals surface area contributed by atoms with Crippen molar-refractivity contribution in [3.63, 3.8) is 0 Å². The van der Waals surface area contributed by atoms with Crippen molar-refractivity contribution in [2.75, 3.05) is 13.1 Å².